The minimum absolute atomic E-state index is 0.0266. The van der Waals surface area contributed by atoms with E-state index >= 15 is 0 Å². The molecule has 0 aliphatic heterocycles. The number of benzene rings is 2. The number of sulfonamides is 1. The predicted molar refractivity (Wildman–Crippen MR) is 113 cm³/mol. The number of nitrogens with zero attached hydrogens (tertiary/aromatic N) is 1. The molecule has 6 nitrogen and oxygen atoms in total. The van der Waals surface area contributed by atoms with Crippen LogP contribution in [0.1, 0.15) is 25.5 Å². The van der Waals surface area contributed by atoms with Gasteiger partial charge in [0.05, 0.1) is 22.2 Å². The van der Waals surface area contributed by atoms with E-state index in [1.54, 1.807) is 12.1 Å². The van der Waals surface area contributed by atoms with Crippen LogP contribution in [0, 0.1) is 11.7 Å². The first-order valence-corrected chi connectivity index (χ1v) is 10.8. The van der Waals surface area contributed by atoms with E-state index < -0.39 is 10.0 Å². The molecule has 0 radical (unpaired) electrons. The van der Waals surface area contributed by atoms with Crippen molar-refractivity contribution in [3.63, 3.8) is 0 Å². The summed E-state index contributed by atoms with van der Waals surface area (Å²) in [5, 5.41) is 6.03. The topological polar surface area (TPSA) is 78.5 Å². The molecule has 2 aromatic carbocycles. The van der Waals surface area contributed by atoms with Gasteiger partial charge in [0, 0.05) is 20.1 Å². The molecule has 0 aliphatic rings. The molecular weight excluding hydrogens is 417 g/mol. The molecule has 158 valence electrons. The van der Waals surface area contributed by atoms with Crippen LogP contribution in [0.5, 0.6) is 0 Å². The van der Waals surface area contributed by atoms with E-state index in [4.69, 9.17) is 11.6 Å². The van der Waals surface area contributed by atoms with Crippen LogP contribution in [0.4, 0.5) is 10.1 Å². The number of nitrogens with one attached hydrogen (secondary N) is 2. The SMILES string of the molecule is CC(C)[C@@H](NCC(=O)Nc1cc(S(=O)(=O)N(C)C)ccc1Cl)c1ccc(F)cc1. The monoisotopic (exact) mass is 441 g/mol. The highest BCUT2D eigenvalue weighted by Crippen LogP contribution is 2.26. The number of rotatable bonds is 8. The summed E-state index contributed by atoms with van der Waals surface area (Å²) in [7, 11) is -0.803. The maximum absolute atomic E-state index is 13.2. The fourth-order valence-corrected chi connectivity index (χ4v) is 3.87. The Balaban J connectivity index is 2.11. The van der Waals surface area contributed by atoms with E-state index in [9.17, 15) is 17.6 Å². The van der Waals surface area contributed by atoms with E-state index in [2.05, 4.69) is 10.6 Å². The van der Waals surface area contributed by atoms with Gasteiger partial charge in [0.1, 0.15) is 5.82 Å². The standard InChI is InChI=1S/C20H25ClFN3O3S/c1-13(2)20(14-5-7-15(22)8-6-14)23-12-19(26)24-18-11-16(9-10-17(18)21)29(27,28)25(3)4/h5-11,13,20,23H,12H2,1-4H3,(H,24,26)/t20-/m1/s1. The summed E-state index contributed by atoms with van der Waals surface area (Å²) in [5.41, 5.74) is 1.08. The number of halogens is 2. The summed E-state index contributed by atoms with van der Waals surface area (Å²) in [5.74, 6) is -0.541. The molecular formula is C20H25ClFN3O3S. The van der Waals surface area contributed by atoms with Crippen LogP contribution in [-0.4, -0.2) is 39.3 Å². The van der Waals surface area contributed by atoms with E-state index in [0.717, 1.165) is 9.87 Å². The van der Waals surface area contributed by atoms with Crippen molar-refractivity contribution in [3.8, 4) is 0 Å². The smallest absolute Gasteiger partial charge is 0.242 e. The Kier molecular flexibility index (Phi) is 7.76. The molecule has 1 atom stereocenters. The largest absolute Gasteiger partial charge is 0.324 e. The number of hydrogen-bond donors (Lipinski definition) is 2. The third-order valence-corrected chi connectivity index (χ3v) is 6.51. The summed E-state index contributed by atoms with van der Waals surface area (Å²) in [6, 6.07) is 10.1. The molecule has 2 aromatic rings. The van der Waals surface area contributed by atoms with Gasteiger partial charge in [-0.2, -0.15) is 0 Å². The number of hydrogen-bond acceptors (Lipinski definition) is 4. The summed E-state index contributed by atoms with van der Waals surface area (Å²) < 4.78 is 38.8. The summed E-state index contributed by atoms with van der Waals surface area (Å²) in [4.78, 5) is 12.4. The zero-order chi connectivity index (χ0) is 21.8. The Hall–Kier alpha value is -2.00. The lowest BCUT2D eigenvalue weighted by Crippen LogP contribution is -2.33. The molecule has 0 aliphatic carbocycles. The highest BCUT2D eigenvalue weighted by molar-refractivity contribution is 7.89. The summed E-state index contributed by atoms with van der Waals surface area (Å²) in [6.45, 7) is 3.96. The Morgan fingerprint density at radius 3 is 2.31 bits per heavy atom. The van der Waals surface area contributed by atoms with E-state index in [0.29, 0.717) is 0 Å². The summed E-state index contributed by atoms with van der Waals surface area (Å²) >= 11 is 6.11. The molecule has 0 fully saturated rings. The number of amides is 1. The maximum atomic E-state index is 13.2. The highest BCUT2D eigenvalue weighted by atomic mass is 35.5. The summed E-state index contributed by atoms with van der Waals surface area (Å²) in [6.07, 6.45) is 0. The van der Waals surface area contributed by atoms with E-state index in [1.807, 2.05) is 13.8 Å². The molecule has 0 saturated carbocycles. The van der Waals surface area contributed by atoms with Gasteiger partial charge in [-0.15, -0.1) is 0 Å². The van der Waals surface area contributed by atoms with Crippen molar-refractivity contribution in [1.29, 1.82) is 0 Å². The van der Waals surface area contributed by atoms with Gasteiger partial charge < -0.3 is 10.6 Å². The molecule has 2 rings (SSSR count). The van der Waals surface area contributed by atoms with Crippen LogP contribution in [0.25, 0.3) is 0 Å². The van der Waals surface area contributed by atoms with Gasteiger partial charge in [-0.05, 0) is 41.8 Å². The predicted octanol–water partition coefficient (Wildman–Crippen LogP) is 3.65. The second kappa shape index (κ2) is 9.67. The molecule has 2 N–H and O–H groups in total. The molecule has 9 heteroatoms. The zero-order valence-electron chi connectivity index (χ0n) is 16.7. The fourth-order valence-electron chi connectivity index (χ4n) is 2.78. The first-order valence-electron chi connectivity index (χ1n) is 9.03. The van der Waals surface area contributed by atoms with Crippen LogP contribution in [-0.2, 0) is 14.8 Å². The second-order valence-corrected chi connectivity index (χ2v) is 9.69. The van der Waals surface area contributed by atoms with Crippen molar-refractivity contribution >= 4 is 33.2 Å². The van der Waals surface area contributed by atoms with Crippen LogP contribution < -0.4 is 10.6 Å². The van der Waals surface area contributed by atoms with Crippen molar-refractivity contribution in [2.45, 2.75) is 24.8 Å². The van der Waals surface area contributed by atoms with Crippen LogP contribution in [0.15, 0.2) is 47.4 Å². The normalized spacial score (nSPS) is 13.0. The van der Waals surface area contributed by atoms with Gasteiger partial charge in [-0.25, -0.2) is 17.1 Å². The Morgan fingerprint density at radius 2 is 1.76 bits per heavy atom. The lowest BCUT2D eigenvalue weighted by atomic mass is 9.96. The van der Waals surface area contributed by atoms with E-state index in [1.165, 1.54) is 44.4 Å². The Morgan fingerprint density at radius 1 is 1.14 bits per heavy atom. The molecule has 0 aromatic heterocycles. The third-order valence-electron chi connectivity index (χ3n) is 4.37. The fraction of sp³-hybridized carbons (Fsp3) is 0.350. The van der Waals surface area contributed by atoms with Crippen molar-refractivity contribution in [2.75, 3.05) is 26.0 Å². The molecule has 0 bridgehead atoms. The van der Waals surface area contributed by atoms with Crippen LogP contribution in [0.3, 0.4) is 0 Å². The van der Waals surface area contributed by atoms with Gasteiger partial charge in [-0.3, -0.25) is 4.79 Å². The van der Waals surface area contributed by atoms with Crippen molar-refractivity contribution in [3.05, 3.63) is 58.9 Å². The molecule has 29 heavy (non-hydrogen) atoms. The second-order valence-electron chi connectivity index (χ2n) is 7.13. The van der Waals surface area contributed by atoms with Crippen molar-refractivity contribution in [2.24, 2.45) is 5.92 Å². The van der Waals surface area contributed by atoms with Gasteiger partial charge >= 0.3 is 0 Å². The van der Waals surface area contributed by atoms with Crippen LogP contribution >= 0.6 is 11.6 Å². The molecule has 0 unspecified atom stereocenters. The average molecular weight is 442 g/mol. The van der Waals surface area contributed by atoms with Gasteiger partial charge in [0.25, 0.3) is 0 Å². The number of carbonyl (C=O) groups is 1. The Bertz CT molecular complexity index is 963. The highest BCUT2D eigenvalue weighted by Gasteiger charge is 2.20. The lowest BCUT2D eigenvalue weighted by Gasteiger charge is -2.23. The van der Waals surface area contributed by atoms with Crippen molar-refractivity contribution in [1.82, 2.24) is 9.62 Å². The quantitative estimate of drug-likeness (QED) is 0.655. The van der Waals surface area contributed by atoms with Crippen molar-refractivity contribution < 1.29 is 17.6 Å². The molecule has 0 heterocycles. The number of carbonyl (C=O) groups excluding carboxylic acids is 1. The number of anilines is 1. The van der Waals surface area contributed by atoms with Crippen LogP contribution in [0.2, 0.25) is 5.02 Å². The van der Waals surface area contributed by atoms with Gasteiger partial charge in [0.15, 0.2) is 0 Å². The molecule has 0 saturated heterocycles. The zero-order valence-corrected chi connectivity index (χ0v) is 18.3. The van der Waals surface area contributed by atoms with Gasteiger partial charge in [-0.1, -0.05) is 37.6 Å². The van der Waals surface area contributed by atoms with E-state index in [-0.39, 0.29) is 45.8 Å². The lowest BCUT2D eigenvalue weighted by molar-refractivity contribution is -0.115. The first-order chi connectivity index (χ1) is 13.5. The minimum Gasteiger partial charge on any atom is -0.324 e. The maximum Gasteiger partial charge on any atom is 0.242 e. The van der Waals surface area contributed by atoms with Gasteiger partial charge in [0.2, 0.25) is 15.9 Å². The minimum atomic E-state index is -3.65. The first kappa shape index (κ1) is 23.3. The molecule has 1 amide bonds. The molecule has 0 spiro atoms. The average Bonchev–Trinajstić information content (AvgIpc) is 2.64. The third kappa shape index (κ3) is 5.99. The Labute approximate surface area is 176 Å².